The van der Waals surface area contributed by atoms with Gasteiger partial charge >= 0.3 is 0 Å². The van der Waals surface area contributed by atoms with E-state index < -0.39 is 0 Å². The number of H-pyrrole nitrogens is 1. The molecule has 0 bridgehead atoms. The zero-order valence-corrected chi connectivity index (χ0v) is 16.1. The van der Waals surface area contributed by atoms with E-state index in [2.05, 4.69) is 31.4 Å². The molecule has 0 unspecified atom stereocenters. The Morgan fingerprint density at radius 3 is 2.70 bits per heavy atom. The Labute approximate surface area is 164 Å². The molecule has 2 N–H and O–H groups in total. The fourth-order valence-electron chi connectivity index (χ4n) is 3.01. The summed E-state index contributed by atoms with van der Waals surface area (Å²) in [4.78, 5) is 15.8. The van der Waals surface area contributed by atoms with Crippen LogP contribution < -0.4 is 10.2 Å². The molecule has 0 saturated heterocycles. The number of methoxy groups -OCH3 is 1. The topological polar surface area (TPSA) is 66.5 Å². The average Bonchev–Trinajstić information content (AvgIpc) is 3.09. The summed E-state index contributed by atoms with van der Waals surface area (Å²) >= 11 is 3.47. The Balaban J connectivity index is 1.59. The number of hydrogen-bond donors (Lipinski definition) is 2. The molecule has 5 nitrogen and oxygen atoms in total. The predicted molar refractivity (Wildman–Crippen MR) is 112 cm³/mol. The minimum Gasteiger partial charge on any atom is -0.496 e. The van der Waals surface area contributed by atoms with Crippen LogP contribution in [0.3, 0.4) is 0 Å². The lowest BCUT2D eigenvalue weighted by atomic mass is 10.1. The molecule has 0 fully saturated rings. The van der Waals surface area contributed by atoms with Crippen LogP contribution in [0.25, 0.3) is 21.7 Å². The first-order valence-corrected chi connectivity index (χ1v) is 9.12. The summed E-state index contributed by atoms with van der Waals surface area (Å²) in [6.45, 7) is 0. The van der Waals surface area contributed by atoms with E-state index in [0.717, 1.165) is 31.7 Å². The zero-order chi connectivity index (χ0) is 18.8. The van der Waals surface area contributed by atoms with Gasteiger partial charge in [-0.2, -0.15) is 5.10 Å². The third kappa shape index (κ3) is 3.44. The molecule has 0 aliphatic carbocycles. The molecule has 27 heavy (non-hydrogen) atoms. The molecule has 0 radical (unpaired) electrons. The number of aromatic amines is 1. The van der Waals surface area contributed by atoms with E-state index >= 15 is 0 Å². The SMILES string of the molecule is COc1cc2ccccc2cc1C(=O)N/N=C/c1c[nH]c2ccc(Br)cc12. The number of halogens is 1. The second-order valence-corrected chi connectivity index (χ2v) is 6.95. The third-order valence-electron chi connectivity index (χ3n) is 4.36. The quantitative estimate of drug-likeness (QED) is 0.365. The summed E-state index contributed by atoms with van der Waals surface area (Å²) in [5.74, 6) is 0.187. The van der Waals surface area contributed by atoms with Crippen LogP contribution in [0.5, 0.6) is 5.75 Å². The van der Waals surface area contributed by atoms with E-state index in [1.54, 1.807) is 13.3 Å². The number of carbonyl (C=O) groups excluding carboxylic acids is 1. The van der Waals surface area contributed by atoms with Crippen molar-refractivity contribution in [3.63, 3.8) is 0 Å². The van der Waals surface area contributed by atoms with E-state index in [1.165, 1.54) is 0 Å². The number of amides is 1. The number of hydrogen-bond acceptors (Lipinski definition) is 3. The maximum atomic E-state index is 12.6. The summed E-state index contributed by atoms with van der Waals surface area (Å²) in [6, 6.07) is 17.4. The summed E-state index contributed by atoms with van der Waals surface area (Å²) in [5, 5.41) is 7.11. The molecule has 0 aliphatic heterocycles. The fourth-order valence-corrected chi connectivity index (χ4v) is 3.37. The number of hydrazone groups is 1. The monoisotopic (exact) mass is 421 g/mol. The maximum absolute atomic E-state index is 12.6. The molecule has 0 atom stereocenters. The van der Waals surface area contributed by atoms with Crippen molar-refractivity contribution in [2.24, 2.45) is 5.10 Å². The molecular formula is C21H16BrN3O2. The second kappa shape index (κ2) is 7.25. The highest BCUT2D eigenvalue weighted by atomic mass is 79.9. The summed E-state index contributed by atoms with van der Waals surface area (Å²) in [6.07, 6.45) is 3.47. The van der Waals surface area contributed by atoms with Crippen LogP contribution in [0, 0.1) is 0 Å². The van der Waals surface area contributed by atoms with Gasteiger partial charge in [-0.15, -0.1) is 0 Å². The smallest absolute Gasteiger partial charge is 0.275 e. The van der Waals surface area contributed by atoms with Crippen LogP contribution in [-0.2, 0) is 0 Å². The number of aromatic nitrogens is 1. The number of benzene rings is 3. The highest BCUT2D eigenvalue weighted by Gasteiger charge is 2.13. The number of carbonyl (C=O) groups is 1. The van der Waals surface area contributed by atoms with Gasteiger partial charge in [-0.25, -0.2) is 5.43 Å². The van der Waals surface area contributed by atoms with Gasteiger partial charge in [-0.1, -0.05) is 40.2 Å². The molecule has 1 heterocycles. The van der Waals surface area contributed by atoms with Gasteiger partial charge in [-0.05, 0) is 41.1 Å². The van der Waals surface area contributed by atoms with Gasteiger partial charge in [0.05, 0.1) is 18.9 Å². The Kier molecular flexibility index (Phi) is 4.64. The average molecular weight is 422 g/mol. The fraction of sp³-hybridized carbons (Fsp3) is 0.0476. The van der Waals surface area contributed by atoms with Crippen molar-refractivity contribution < 1.29 is 9.53 Å². The number of nitrogens with one attached hydrogen (secondary N) is 2. The van der Waals surface area contributed by atoms with Crippen molar-refractivity contribution in [2.75, 3.05) is 7.11 Å². The molecule has 0 spiro atoms. The molecule has 6 heteroatoms. The molecular weight excluding hydrogens is 406 g/mol. The Morgan fingerprint density at radius 1 is 1.15 bits per heavy atom. The van der Waals surface area contributed by atoms with Crippen LogP contribution in [-0.4, -0.2) is 24.2 Å². The van der Waals surface area contributed by atoms with Crippen molar-refractivity contribution >= 4 is 49.7 Å². The highest BCUT2D eigenvalue weighted by Crippen LogP contribution is 2.26. The lowest BCUT2D eigenvalue weighted by molar-refractivity contribution is 0.0952. The molecule has 4 rings (SSSR count). The van der Waals surface area contributed by atoms with Crippen LogP contribution in [0.15, 0.2) is 70.4 Å². The molecule has 4 aromatic rings. The Morgan fingerprint density at radius 2 is 1.93 bits per heavy atom. The number of fused-ring (bicyclic) bond motifs is 2. The van der Waals surface area contributed by atoms with Crippen molar-refractivity contribution in [2.45, 2.75) is 0 Å². The van der Waals surface area contributed by atoms with Crippen molar-refractivity contribution in [3.05, 3.63) is 76.4 Å². The van der Waals surface area contributed by atoms with E-state index in [-0.39, 0.29) is 5.91 Å². The number of ether oxygens (including phenoxy) is 1. The summed E-state index contributed by atoms with van der Waals surface area (Å²) < 4.78 is 6.36. The molecule has 1 aromatic heterocycles. The summed E-state index contributed by atoms with van der Waals surface area (Å²) in [5.41, 5.74) is 4.91. The maximum Gasteiger partial charge on any atom is 0.275 e. The second-order valence-electron chi connectivity index (χ2n) is 6.03. The Hall–Kier alpha value is -3.12. The van der Waals surface area contributed by atoms with Crippen LogP contribution in [0.2, 0.25) is 0 Å². The largest absolute Gasteiger partial charge is 0.496 e. The predicted octanol–water partition coefficient (Wildman–Crippen LogP) is 4.86. The van der Waals surface area contributed by atoms with Gasteiger partial charge < -0.3 is 9.72 Å². The molecule has 3 aromatic carbocycles. The van der Waals surface area contributed by atoms with Crippen molar-refractivity contribution in [1.82, 2.24) is 10.4 Å². The van der Waals surface area contributed by atoms with E-state index in [0.29, 0.717) is 11.3 Å². The lowest BCUT2D eigenvalue weighted by Gasteiger charge is -2.09. The Bertz CT molecular complexity index is 1180. The van der Waals surface area contributed by atoms with Crippen LogP contribution in [0.4, 0.5) is 0 Å². The molecule has 0 saturated carbocycles. The molecule has 0 aliphatic rings. The van der Waals surface area contributed by atoms with Gasteiger partial charge in [0.25, 0.3) is 5.91 Å². The van der Waals surface area contributed by atoms with Crippen LogP contribution >= 0.6 is 15.9 Å². The third-order valence-corrected chi connectivity index (χ3v) is 4.85. The van der Waals surface area contributed by atoms with Gasteiger partial charge in [0.1, 0.15) is 5.75 Å². The van der Waals surface area contributed by atoms with E-state index in [4.69, 9.17) is 4.74 Å². The highest BCUT2D eigenvalue weighted by molar-refractivity contribution is 9.10. The number of rotatable bonds is 4. The van der Waals surface area contributed by atoms with Gasteiger partial charge in [0, 0.05) is 27.1 Å². The first kappa shape index (κ1) is 17.3. The van der Waals surface area contributed by atoms with Crippen molar-refractivity contribution in [3.8, 4) is 5.75 Å². The zero-order valence-electron chi connectivity index (χ0n) is 14.5. The number of nitrogens with zero attached hydrogens (tertiary/aromatic N) is 1. The molecule has 134 valence electrons. The van der Waals surface area contributed by atoms with Gasteiger partial charge in [0.2, 0.25) is 0 Å². The first-order chi connectivity index (χ1) is 13.2. The normalized spacial score (nSPS) is 11.3. The minimum atomic E-state index is -0.324. The van der Waals surface area contributed by atoms with Gasteiger partial charge in [-0.3, -0.25) is 4.79 Å². The van der Waals surface area contributed by atoms with Gasteiger partial charge in [0.15, 0.2) is 0 Å². The standard InChI is InChI=1S/C21H16BrN3O2/c1-27-20-9-14-5-3-2-4-13(14)8-18(20)21(26)25-24-12-15-11-23-19-7-6-16(22)10-17(15)19/h2-12,23H,1H3,(H,25,26)/b24-12+. The van der Waals surface area contributed by atoms with Crippen LogP contribution in [0.1, 0.15) is 15.9 Å². The van der Waals surface area contributed by atoms with E-state index in [9.17, 15) is 4.79 Å². The lowest BCUT2D eigenvalue weighted by Crippen LogP contribution is -2.18. The first-order valence-electron chi connectivity index (χ1n) is 8.32. The summed E-state index contributed by atoms with van der Waals surface area (Å²) in [7, 11) is 1.55. The molecule has 1 amide bonds. The minimum absolute atomic E-state index is 0.324. The van der Waals surface area contributed by atoms with Crippen molar-refractivity contribution in [1.29, 1.82) is 0 Å². The van der Waals surface area contributed by atoms with E-state index in [1.807, 2.05) is 60.8 Å².